The zero-order valence-corrected chi connectivity index (χ0v) is 3.14. The van der Waals surface area contributed by atoms with Crippen LogP contribution in [-0.4, -0.2) is 21.4 Å². The van der Waals surface area contributed by atoms with Crippen molar-refractivity contribution in [3.8, 4) is 0 Å². The summed E-state index contributed by atoms with van der Waals surface area (Å²) in [5.74, 6) is 0. The first kappa shape index (κ1) is 5.67. The fourth-order valence-corrected chi connectivity index (χ4v) is 0.0807. The first-order valence-corrected chi connectivity index (χ1v) is 1.26. The lowest BCUT2D eigenvalue weighted by molar-refractivity contribution is -0.741. The zero-order chi connectivity index (χ0) is 5.86. The molecule has 0 radical (unpaired) electrons. The summed E-state index contributed by atoms with van der Waals surface area (Å²) < 4.78 is 0. The lowest BCUT2D eigenvalue weighted by Gasteiger charge is -1.75. The van der Waals surface area contributed by atoms with Crippen molar-refractivity contribution < 1.29 is 15.0 Å². The molecule has 0 unspecified atom stereocenters. The molecule has 0 bridgehead atoms. The highest BCUT2D eigenvalue weighted by atomic mass is 16.8. The van der Waals surface area contributed by atoms with E-state index >= 15 is 0 Å². The highest BCUT2D eigenvalue weighted by Gasteiger charge is 1.94. The first-order chi connectivity index (χ1) is 3.13. The largest absolute Gasteiger partial charge is 0.520 e. The van der Waals surface area contributed by atoms with Gasteiger partial charge in [-0.3, -0.25) is 15.3 Å². The van der Waals surface area contributed by atoms with Crippen molar-refractivity contribution in [1.29, 1.82) is 0 Å². The van der Waals surface area contributed by atoms with Gasteiger partial charge >= 0.3 is 6.34 Å². The summed E-state index contributed by atoms with van der Waals surface area (Å²) in [6.07, 6.45) is -0.111. The van der Waals surface area contributed by atoms with Gasteiger partial charge in [0.2, 0.25) is 0 Å². The van der Waals surface area contributed by atoms with Gasteiger partial charge < -0.3 is 5.21 Å². The zero-order valence-electron chi connectivity index (χ0n) is 3.14. The van der Waals surface area contributed by atoms with Crippen LogP contribution < -0.4 is 0 Å². The molecule has 0 amide bonds. The maximum absolute atomic E-state index is 9.23. The molecule has 0 aliphatic rings. The molecule has 0 aromatic carbocycles. The molecule has 40 valence electrons. The Kier molecular flexibility index (Phi) is 1.58. The summed E-state index contributed by atoms with van der Waals surface area (Å²) in [7, 11) is 0. The second kappa shape index (κ2) is 1.96. The van der Waals surface area contributed by atoms with Gasteiger partial charge in [0.15, 0.2) is 0 Å². The summed E-state index contributed by atoms with van der Waals surface area (Å²) in [5, 5.41) is 25.9. The highest BCUT2D eigenvalue weighted by Crippen LogP contribution is 1.56. The van der Waals surface area contributed by atoms with Crippen molar-refractivity contribution in [3.05, 3.63) is 15.3 Å². The molecule has 0 aromatic rings. The SMILES string of the molecule is O=[N+]([O-])/C=[N+](\[O-])O. The van der Waals surface area contributed by atoms with Gasteiger partial charge in [0.05, 0.1) is 0 Å². The fourth-order valence-electron chi connectivity index (χ4n) is 0.0807. The second-order valence-electron chi connectivity index (χ2n) is 0.703. The van der Waals surface area contributed by atoms with Crippen molar-refractivity contribution in [2.75, 3.05) is 0 Å². The topological polar surface area (TPSA) is 89.4 Å². The van der Waals surface area contributed by atoms with Crippen LogP contribution in [0, 0.1) is 15.3 Å². The molecule has 0 fully saturated rings. The van der Waals surface area contributed by atoms with Gasteiger partial charge in [0.25, 0.3) is 0 Å². The molecular formula is CH2N2O4. The second-order valence-corrected chi connectivity index (χ2v) is 0.703. The normalized spacial score (nSPS) is 11.1. The van der Waals surface area contributed by atoms with Gasteiger partial charge in [0.1, 0.15) is 9.83 Å². The third kappa shape index (κ3) is 4.67. The summed E-state index contributed by atoms with van der Waals surface area (Å²) in [6, 6.07) is 0. The van der Waals surface area contributed by atoms with E-state index in [2.05, 4.69) is 0 Å². The smallest absolute Gasteiger partial charge is 0.413 e. The minimum atomic E-state index is -1.06. The van der Waals surface area contributed by atoms with Crippen LogP contribution in [0.1, 0.15) is 0 Å². The molecule has 0 saturated heterocycles. The summed E-state index contributed by atoms with van der Waals surface area (Å²) >= 11 is 0. The van der Waals surface area contributed by atoms with Gasteiger partial charge in [-0.05, 0) is 0 Å². The van der Waals surface area contributed by atoms with Crippen molar-refractivity contribution in [3.63, 3.8) is 0 Å². The molecule has 0 atom stereocenters. The Morgan fingerprint density at radius 1 is 1.57 bits per heavy atom. The molecule has 7 heavy (non-hydrogen) atoms. The monoisotopic (exact) mass is 106 g/mol. The molecule has 1 N–H and O–H groups in total. The van der Waals surface area contributed by atoms with E-state index in [4.69, 9.17) is 15.3 Å². The molecule has 0 saturated carbocycles. The number of nitrogens with zero attached hydrogens (tertiary/aromatic N) is 2. The van der Waals surface area contributed by atoms with Crippen LogP contribution in [0.4, 0.5) is 0 Å². The van der Waals surface area contributed by atoms with Crippen LogP contribution >= 0.6 is 0 Å². The van der Waals surface area contributed by atoms with Crippen LogP contribution in [0.2, 0.25) is 0 Å². The van der Waals surface area contributed by atoms with E-state index in [1.165, 1.54) is 0 Å². The van der Waals surface area contributed by atoms with Crippen LogP contribution in [0.15, 0.2) is 0 Å². The number of nitro groups is 1. The van der Waals surface area contributed by atoms with E-state index in [0.717, 1.165) is 0 Å². The van der Waals surface area contributed by atoms with Gasteiger partial charge in [-0.25, -0.2) is 0 Å². The number of hydrogen-bond donors (Lipinski definition) is 1. The standard InChI is InChI=1S/CH2N2O4/c4-2(5)1-3(6)7/h1H,(H,4,5). The average Bonchev–Trinajstić information content (AvgIpc) is 1.27. The molecule has 0 aliphatic heterocycles. The van der Waals surface area contributed by atoms with Gasteiger partial charge in [-0.2, -0.15) is 0 Å². The maximum Gasteiger partial charge on any atom is 0.520 e. The molecule has 0 aliphatic carbocycles. The van der Waals surface area contributed by atoms with E-state index < -0.39 is 9.83 Å². The van der Waals surface area contributed by atoms with E-state index in [9.17, 15) is 5.21 Å². The van der Waals surface area contributed by atoms with Gasteiger partial charge in [-0.15, -0.1) is 0 Å². The first-order valence-electron chi connectivity index (χ1n) is 1.26. The van der Waals surface area contributed by atoms with Crippen molar-refractivity contribution in [1.82, 2.24) is 0 Å². The minimum absolute atomic E-state index is 0.111. The molecule has 6 nitrogen and oxygen atoms in total. The lowest BCUT2D eigenvalue weighted by Crippen LogP contribution is -2.05. The van der Waals surface area contributed by atoms with Crippen molar-refractivity contribution >= 4 is 6.34 Å². The molecule has 6 heteroatoms. The summed E-state index contributed by atoms with van der Waals surface area (Å²) in [6.45, 7) is 0. The Labute approximate surface area is 38.0 Å². The average molecular weight is 106 g/mol. The maximum atomic E-state index is 9.23. The van der Waals surface area contributed by atoms with Crippen LogP contribution in [0.25, 0.3) is 0 Å². The Balaban J connectivity index is 3.68. The summed E-state index contributed by atoms with van der Waals surface area (Å²) in [4.78, 5) is 7.22. The molecule has 0 aromatic heterocycles. The van der Waals surface area contributed by atoms with E-state index in [-0.39, 0.29) is 6.34 Å². The van der Waals surface area contributed by atoms with Crippen molar-refractivity contribution in [2.45, 2.75) is 0 Å². The molecular weight excluding hydrogens is 104 g/mol. The molecule has 0 heterocycles. The fraction of sp³-hybridized carbons (Fsp3) is 0. The Morgan fingerprint density at radius 3 is 2.00 bits per heavy atom. The van der Waals surface area contributed by atoms with Crippen molar-refractivity contribution in [2.24, 2.45) is 0 Å². The van der Waals surface area contributed by atoms with Crippen LogP contribution in [0.3, 0.4) is 0 Å². The minimum Gasteiger partial charge on any atom is -0.413 e. The lowest BCUT2D eigenvalue weighted by atomic mass is 11.4. The van der Waals surface area contributed by atoms with E-state index in [0.29, 0.717) is 0 Å². The quantitative estimate of drug-likeness (QED) is 0.118. The third-order valence-corrected chi connectivity index (χ3v) is 0.193. The number of rotatable bonds is 1. The van der Waals surface area contributed by atoms with Crippen LogP contribution in [-0.2, 0) is 0 Å². The molecule has 0 spiro atoms. The van der Waals surface area contributed by atoms with E-state index in [1.807, 2.05) is 0 Å². The predicted octanol–water partition coefficient (Wildman–Crippen LogP) is -0.809. The van der Waals surface area contributed by atoms with E-state index in [1.54, 1.807) is 0 Å². The van der Waals surface area contributed by atoms with Crippen LogP contribution in [0.5, 0.6) is 0 Å². The van der Waals surface area contributed by atoms with Gasteiger partial charge in [0, 0.05) is 0 Å². The number of hydrogen-bond acceptors (Lipinski definition) is 4. The summed E-state index contributed by atoms with van der Waals surface area (Å²) in [5.41, 5.74) is 0. The predicted molar refractivity (Wildman–Crippen MR) is 18.5 cm³/mol. The Bertz CT molecular complexity index is 102. The molecule has 0 rings (SSSR count). The Hall–Kier alpha value is -1.33. The third-order valence-electron chi connectivity index (χ3n) is 0.193. The highest BCUT2D eigenvalue weighted by molar-refractivity contribution is 5.35. The Morgan fingerprint density at radius 2 is 2.00 bits per heavy atom. The van der Waals surface area contributed by atoms with Gasteiger partial charge in [-0.1, -0.05) is 0 Å².